The summed E-state index contributed by atoms with van der Waals surface area (Å²) in [7, 11) is -3.62. The van der Waals surface area contributed by atoms with Gasteiger partial charge in [0.05, 0.1) is 4.90 Å². The monoisotopic (exact) mass is 361 g/mol. The normalized spacial score (nSPS) is 18.4. The molecule has 6 nitrogen and oxygen atoms in total. The Bertz CT molecular complexity index is 867. The van der Waals surface area contributed by atoms with Gasteiger partial charge in [0, 0.05) is 38.6 Å². The third-order valence-corrected chi connectivity index (χ3v) is 5.94. The minimum Gasteiger partial charge on any atom is -0.337 e. The summed E-state index contributed by atoms with van der Waals surface area (Å²) < 4.78 is 27.4. The number of nitrogens with zero attached hydrogens (tertiary/aromatic N) is 1. The van der Waals surface area contributed by atoms with Crippen LogP contribution < -0.4 is 10.0 Å². The molecule has 0 unspecified atom stereocenters. The topological polar surface area (TPSA) is 78.5 Å². The van der Waals surface area contributed by atoms with Crippen molar-refractivity contribution < 1.29 is 13.2 Å². The Labute approximate surface area is 148 Å². The molecule has 134 valence electrons. The summed E-state index contributed by atoms with van der Waals surface area (Å²) in [4.78, 5) is 14.3. The number of carbonyl (C=O) groups excluding carboxylic acids is 1. The number of carbonyl (C=O) groups is 1. The summed E-state index contributed by atoms with van der Waals surface area (Å²) in [5, 5.41) is 5.09. The average molecular weight is 361 g/mol. The molecular weight excluding hydrogens is 338 g/mol. The van der Waals surface area contributed by atoms with Gasteiger partial charge in [0.25, 0.3) is 0 Å². The molecule has 0 bridgehead atoms. The lowest BCUT2D eigenvalue weighted by atomic mass is 10.1. The molecule has 1 heterocycles. The summed E-state index contributed by atoms with van der Waals surface area (Å²) in [6.45, 7) is 4.30. The number of amides is 1. The van der Waals surface area contributed by atoms with E-state index in [4.69, 9.17) is 0 Å². The minimum atomic E-state index is -3.62. The summed E-state index contributed by atoms with van der Waals surface area (Å²) in [5.74, 6) is -0.0183. The molecule has 0 spiro atoms. The van der Waals surface area contributed by atoms with E-state index in [-0.39, 0.29) is 29.8 Å². The van der Waals surface area contributed by atoms with Crippen molar-refractivity contribution in [1.82, 2.24) is 14.9 Å². The molecule has 25 heavy (non-hydrogen) atoms. The highest BCUT2D eigenvalue weighted by Crippen LogP contribution is 2.18. The van der Waals surface area contributed by atoms with Crippen LogP contribution in [-0.2, 0) is 14.8 Å². The molecule has 0 saturated carbocycles. The average Bonchev–Trinajstić information content (AvgIpc) is 2.61. The van der Waals surface area contributed by atoms with Gasteiger partial charge < -0.3 is 10.2 Å². The van der Waals surface area contributed by atoms with Crippen molar-refractivity contribution in [2.45, 2.75) is 24.3 Å². The van der Waals surface area contributed by atoms with E-state index in [0.29, 0.717) is 6.54 Å². The highest BCUT2D eigenvalue weighted by Gasteiger charge is 2.23. The molecule has 2 aromatic rings. The SMILES string of the molecule is C[C@@H]1CNCCN1C(=O)CCNS(=O)(=O)c1ccc2ccccc2c1. The molecule has 1 saturated heterocycles. The molecule has 2 N–H and O–H groups in total. The van der Waals surface area contributed by atoms with Crippen LogP contribution in [0.2, 0.25) is 0 Å². The zero-order chi connectivity index (χ0) is 17.9. The predicted octanol–water partition coefficient (Wildman–Crippen LogP) is 1.33. The number of piperazine rings is 1. The van der Waals surface area contributed by atoms with E-state index in [1.165, 1.54) is 0 Å². The highest BCUT2D eigenvalue weighted by molar-refractivity contribution is 7.89. The molecule has 0 aliphatic carbocycles. The van der Waals surface area contributed by atoms with Gasteiger partial charge in [-0.2, -0.15) is 0 Å². The Kier molecular flexibility index (Phi) is 5.36. The smallest absolute Gasteiger partial charge is 0.240 e. The zero-order valence-corrected chi connectivity index (χ0v) is 15.1. The van der Waals surface area contributed by atoms with Crippen molar-refractivity contribution in [3.05, 3.63) is 42.5 Å². The second-order valence-corrected chi connectivity index (χ2v) is 8.06. The van der Waals surface area contributed by atoms with Gasteiger partial charge >= 0.3 is 0 Å². The molecule has 1 atom stereocenters. The lowest BCUT2D eigenvalue weighted by molar-refractivity contribution is -0.133. The fraction of sp³-hybridized carbons (Fsp3) is 0.389. The third-order valence-electron chi connectivity index (χ3n) is 4.48. The van der Waals surface area contributed by atoms with Gasteiger partial charge in [-0.3, -0.25) is 4.79 Å². The van der Waals surface area contributed by atoms with E-state index in [1.807, 2.05) is 31.2 Å². The van der Waals surface area contributed by atoms with Crippen LogP contribution in [-0.4, -0.2) is 51.4 Å². The van der Waals surface area contributed by atoms with Crippen molar-refractivity contribution in [2.75, 3.05) is 26.2 Å². The number of hydrogen-bond donors (Lipinski definition) is 2. The second-order valence-electron chi connectivity index (χ2n) is 6.30. The first-order chi connectivity index (χ1) is 12.0. The molecule has 1 amide bonds. The molecule has 2 aromatic carbocycles. The van der Waals surface area contributed by atoms with Crippen molar-refractivity contribution >= 4 is 26.7 Å². The van der Waals surface area contributed by atoms with Gasteiger partial charge in [-0.15, -0.1) is 0 Å². The second kappa shape index (κ2) is 7.51. The molecule has 3 rings (SSSR count). The van der Waals surface area contributed by atoms with Crippen molar-refractivity contribution in [1.29, 1.82) is 0 Å². The predicted molar refractivity (Wildman–Crippen MR) is 97.8 cm³/mol. The standard InChI is InChI=1S/C18H23N3O3S/c1-14-13-19-10-11-21(14)18(22)8-9-20-25(23,24)17-7-6-15-4-2-3-5-16(15)12-17/h2-7,12,14,19-20H,8-11,13H2,1H3/t14-/m1/s1. The van der Waals surface area contributed by atoms with Crippen LogP contribution in [0, 0.1) is 0 Å². The third kappa shape index (κ3) is 4.18. The van der Waals surface area contributed by atoms with Gasteiger partial charge in [-0.25, -0.2) is 13.1 Å². The first-order valence-corrected chi connectivity index (χ1v) is 9.94. The summed E-state index contributed by atoms with van der Waals surface area (Å²) in [6, 6.07) is 12.8. The molecule has 0 aromatic heterocycles. The van der Waals surface area contributed by atoms with E-state index in [1.54, 1.807) is 23.1 Å². The fourth-order valence-corrected chi connectivity index (χ4v) is 4.13. The van der Waals surface area contributed by atoms with Crippen molar-refractivity contribution in [2.24, 2.45) is 0 Å². The number of fused-ring (bicyclic) bond motifs is 1. The van der Waals surface area contributed by atoms with Crippen molar-refractivity contribution in [3.63, 3.8) is 0 Å². The number of hydrogen-bond acceptors (Lipinski definition) is 4. The van der Waals surface area contributed by atoms with E-state index in [0.717, 1.165) is 23.9 Å². The Balaban J connectivity index is 1.62. The molecule has 7 heteroatoms. The van der Waals surface area contributed by atoms with Crippen LogP contribution in [0.4, 0.5) is 0 Å². The van der Waals surface area contributed by atoms with Crippen LogP contribution in [0.1, 0.15) is 13.3 Å². The number of benzene rings is 2. The largest absolute Gasteiger partial charge is 0.337 e. The Morgan fingerprint density at radius 2 is 2.00 bits per heavy atom. The Morgan fingerprint density at radius 3 is 2.76 bits per heavy atom. The summed E-state index contributed by atoms with van der Waals surface area (Å²) in [6.07, 6.45) is 0.164. The molecular formula is C18H23N3O3S. The lowest BCUT2D eigenvalue weighted by Crippen LogP contribution is -2.52. The van der Waals surface area contributed by atoms with Gasteiger partial charge in [0.2, 0.25) is 15.9 Å². The van der Waals surface area contributed by atoms with Crippen LogP contribution in [0.25, 0.3) is 10.8 Å². The Morgan fingerprint density at radius 1 is 1.24 bits per heavy atom. The summed E-state index contributed by atoms with van der Waals surface area (Å²) >= 11 is 0. The quantitative estimate of drug-likeness (QED) is 0.842. The minimum absolute atomic E-state index is 0.0183. The number of nitrogens with one attached hydrogen (secondary N) is 2. The van der Waals surface area contributed by atoms with Crippen LogP contribution in [0.15, 0.2) is 47.4 Å². The fourth-order valence-electron chi connectivity index (χ4n) is 3.07. The first-order valence-electron chi connectivity index (χ1n) is 8.46. The van der Waals surface area contributed by atoms with Crippen LogP contribution in [0.3, 0.4) is 0 Å². The van der Waals surface area contributed by atoms with Gasteiger partial charge in [-0.05, 0) is 29.8 Å². The number of sulfonamides is 1. The van der Waals surface area contributed by atoms with Crippen LogP contribution in [0.5, 0.6) is 0 Å². The number of rotatable bonds is 5. The van der Waals surface area contributed by atoms with E-state index in [9.17, 15) is 13.2 Å². The maximum absolute atomic E-state index is 12.5. The van der Waals surface area contributed by atoms with Crippen LogP contribution >= 0.6 is 0 Å². The Hall–Kier alpha value is -1.96. The summed E-state index contributed by atoms with van der Waals surface area (Å²) in [5.41, 5.74) is 0. The van der Waals surface area contributed by atoms with Gasteiger partial charge in [0.15, 0.2) is 0 Å². The molecule has 1 aliphatic rings. The highest BCUT2D eigenvalue weighted by atomic mass is 32.2. The van der Waals surface area contributed by atoms with E-state index in [2.05, 4.69) is 10.0 Å². The van der Waals surface area contributed by atoms with Gasteiger partial charge in [0.1, 0.15) is 0 Å². The van der Waals surface area contributed by atoms with Crippen molar-refractivity contribution in [3.8, 4) is 0 Å². The molecule has 1 fully saturated rings. The van der Waals surface area contributed by atoms with E-state index >= 15 is 0 Å². The van der Waals surface area contributed by atoms with Gasteiger partial charge in [-0.1, -0.05) is 30.3 Å². The maximum Gasteiger partial charge on any atom is 0.240 e. The maximum atomic E-state index is 12.5. The first kappa shape index (κ1) is 17.8. The molecule has 1 aliphatic heterocycles. The zero-order valence-electron chi connectivity index (χ0n) is 14.2. The van der Waals surface area contributed by atoms with E-state index < -0.39 is 10.0 Å². The molecule has 0 radical (unpaired) electrons. The lowest BCUT2D eigenvalue weighted by Gasteiger charge is -2.34.